The zero-order valence-corrected chi connectivity index (χ0v) is 29.0. The van der Waals surface area contributed by atoms with Crippen LogP contribution in [0.5, 0.6) is 5.88 Å². The molecule has 2 aromatic heterocycles. The van der Waals surface area contributed by atoms with E-state index in [0.717, 1.165) is 66.5 Å². The Kier molecular flexibility index (Phi) is 10.1. The summed E-state index contributed by atoms with van der Waals surface area (Å²) < 4.78 is 5.66. The quantitative estimate of drug-likeness (QED) is 0.143. The van der Waals surface area contributed by atoms with Gasteiger partial charge < -0.3 is 26.0 Å². The number of halogens is 2. The number of ether oxygens (including phenoxy) is 1. The summed E-state index contributed by atoms with van der Waals surface area (Å²) in [5, 5.41) is 14.2. The number of pyridine rings is 2. The maximum Gasteiger partial charge on any atom is 0.220 e. The fourth-order valence-corrected chi connectivity index (χ4v) is 7.87. The van der Waals surface area contributed by atoms with Gasteiger partial charge in [-0.1, -0.05) is 59.6 Å². The molecule has 0 saturated carbocycles. The first-order chi connectivity index (χ1) is 23.9. The van der Waals surface area contributed by atoms with Crippen LogP contribution in [0.3, 0.4) is 0 Å². The minimum absolute atomic E-state index is 0.105. The summed E-state index contributed by atoms with van der Waals surface area (Å²) in [6, 6.07) is 18.8. The summed E-state index contributed by atoms with van der Waals surface area (Å²) in [4.78, 5) is 32.7. The Morgan fingerprint density at radius 3 is 2.37 bits per heavy atom. The smallest absolute Gasteiger partial charge is 0.220 e. The van der Waals surface area contributed by atoms with Crippen LogP contribution < -0.4 is 26.0 Å². The van der Waals surface area contributed by atoms with Gasteiger partial charge in [-0.25, -0.2) is 4.98 Å². The van der Waals surface area contributed by atoms with Crippen molar-refractivity contribution in [3.05, 3.63) is 87.5 Å². The molecule has 49 heavy (non-hydrogen) atoms. The Bertz CT molecular complexity index is 1880. The first-order valence-corrected chi connectivity index (χ1v) is 17.8. The van der Waals surface area contributed by atoms with Gasteiger partial charge in [-0.05, 0) is 61.4 Å². The molecule has 7 rings (SSSR count). The van der Waals surface area contributed by atoms with Gasteiger partial charge in [0.1, 0.15) is 0 Å². The number of carbonyl (C=O) groups excluding carboxylic acids is 2. The third kappa shape index (κ3) is 7.31. The Morgan fingerprint density at radius 2 is 1.61 bits per heavy atom. The molecule has 2 fully saturated rings. The highest BCUT2D eigenvalue weighted by Gasteiger charge is 2.26. The van der Waals surface area contributed by atoms with Crippen molar-refractivity contribution < 1.29 is 14.3 Å². The van der Waals surface area contributed by atoms with Gasteiger partial charge in [0.05, 0.1) is 28.5 Å². The maximum absolute atomic E-state index is 11.6. The fraction of sp³-hybridized carbons (Fsp3) is 0.368. The Labute approximate surface area is 296 Å². The topological polar surface area (TPSA) is 117 Å². The van der Waals surface area contributed by atoms with E-state index >= 15 is 0 Å². The second kappa shape index (κ2) is 14.8. The summed E-state index contributed by atoms with van der Waals surface area (Å²) in [6.07, 6.45) is 7.85. The van der Waals surface area contributed by atoms with E-state index in [0.29, 0.717) is 53.2 Å². The zero-order chi connectivity index (χ0) is 33.9. The lowest BCUT2D eigenvalue weighted by molar-refractivity contribution is -0.120. The second-order valence-electron chi connectivity index (χ2n) is 13.1. The molecule has 4 N–H and O–H groups in total. The molecule has 3 aliphatic rings. The van der Waals surface area contributed by atoms with Crippen LogP contribution in [0.2, 0.25) is 10.0 Å². The number of fused-ring (bicyclic) bond motifs is 1. The van der Waals surface area contributed by atoms with E-state index in [1.54, 1.807) is 13.3 Å². The van der Waals surface area contributed by atoms with E-state index < -0.39 is 0 Å². The predicted octanol–water partition coefficient (Wildman–Crippen LogP) is 6.41. The first kappa shape index (κ1) is 33.5. The third-order valence-corrected chi connectivity index (χ3v) is 10.6. The van der Waals surface area contributed by atoms with Gasteiger partial charge in [0, 0.05) is 84.6 Å². The third-order valence-electron chi connectivity index (χ3n) is 9.80. The largest absolute Gasteiger partial charge is 0.481 e. The van der Waals surface area contributed by atoms with Crippen molar-refractivity contribution in [2.24, 2.45) is 0 Å². The van der Waals surface area contributed by atoms with E-state index in [2.05, 4.69) is 39.5 Å². The number of hydrogen-bond donors (Lipinski definition) is 4. The molecule has 0 radical (unpaired) electrons. The summed E-state index contributed by atoms with van der Waals surface area (Å²) in [5.41, 5.74) is 8.23. The molecule has 9 nitrogen and oxygen atoms in total. The standard InChI is InChI=1S/C38H40Cl2N6O3/c1-49-38-24(19-41-20-25-10-14-33(47)44-25)9-13-32(46-38)30-6-3-5-28(35(30)39)29-16-17-42-37(36(29)40)23-8-12-27-22(18-23)4-2-7-31(27)43-21-26-11-15-34(48)45-26/h3,5-6,8-9,12-13,16-18,25-26,31,41,43H,2,4,7,10-11,14-15,19-21H2,1H3,(H,44,47)(H,45,48)/t25-,26-,31?/m1/s1. The SMILES string of the molecule is COc1nc(-c2cccc(-c3ccnc(-c4ccc5c(c4)CCCC5NC[C@H]4CCC(=O)N4)c3Cl)c2Cl)ccc1CNC[C@H]1CCC(=O)N1. The van der Waals surface area contributed by atoms with E-state index in [1.165, 1.54) is 11.1 Å². The Balaban J connectivity index is 1.10. The summed E-state index contributed by atoms with van der Waals surface area (Å²) >= 11 is 14.2. The molecule has 2 amide bonds. The maximum atomic E-state index is 11.6. The molecule has 3 atom stereocenters. The van der Waals surface area contributed by atoms with Crippen molar-refractivity contribution in [1.82, 2.24) is 31.2 Å². The zero-order valence-electron chi connectivity index (χ0n) is 27.5. The van der Waals surface area contributed by atoms with Gasteiger partial charge in [0.2, 0.25) is 17.7 Å². The number of aromatic nitrogens is 2. The van der Waals surface area contributed by atoms with Crippen molar-refractivity contribution in [3.63, 3.8) is 0 Å². The lowest BCUT2D eigenvalue weighted by Crippen LogP contribution is -2.38. The molecule has 0 bridgehead atoms. The van der Waals surface area contributed by atoms with E-state index in [9.17, 15) is 9.59 Å². The molecule has 254 valence electrons. The number of rotatable bonds is 11. The van der Waals surface area contributed by atoms with Gasteiger partial charge in [-0.3, -0.25) is 14.6 Å². The Morgan fingerprint density at radius 1 is 0.857 bits per heavy atom. The molecule has 2 saturated heterocycles. The number of nitrogens with zero attached hydrogens (tertiary/aromatic N) is 2. The van der Waals surface area contributed by atoms with Crippen LogP contribution in [-0.2, 0) is 22.6 Å². The lowest BCUT2D eigenvalue weighted by Gasteiger charge is -2.28. The monoisotopic (exact) mass is 698 g/mol. The number of carbonyl (C=O) groups is 2. The van der Waals surface area contributed by atoms with Crippen molar-refractivity contribution >= 4 is 35.0 Å². The number of methoxy groups -OCH3 is 1. The van der Waals surface area contributed by atoms with Gasteiger partial charge in [-0.15, -0.1) is 0 Å². The van der Waals surface area contributed by atoms with Gasteiger partial charge in [0.15, 0.2) is 0 Å². The van der Waals surface area contributed by atoms with E-state index in [-0.39, 0.29) is 29.9 Å². The average Bonchev–Trinajstić information content (AvgIpc) is 3.74. The van der Waals surface area contributed by atoms with Crippen molar-refractivity contribution in [3.8, 4) is 39.5 Å². The predicted molar refractivity (Wildman–Crippen MR) is 193 cm³/mol. The van der Waals surface area contributed by atoms with E-state index in [1.807, 2.05) is 36.4 Å². The molecule has 4 heterocycles. The Hall–Kier alpha value is -4.02. The van der Waals surface area contributed by atoms with Gasteiger partial charge in [-0.2, -0.15) is 0 Å². The van der Waals surface area contributed by atoms with Crippen LogP contribution in [0, 0.1) is 0 Å². The highest BCUT2D eigenvalue weighted by molar-refractivity contribution is 6.39. The highest BCUT2D eigenvalue weighted by atomic mass is 35.5. The van der Waals surface area contributed by atoms with Crippen LogP contribution in [0.25, 0.3) is 33.6 Å². The first-order valence-electron chi connectivity index (χ1n) is 17.0. The number of aryl methyl sites for hydroxylation is 1. The summed E-state index contributed by atoms with van der Waals surface area (Å²) in [7, 11) is 1.61. The van der Waals surface area contributed by atoms with Crippen molar-refractivity contribution in [2.45, 2.75) is 69.6 Å². The number of hydrogen-bond acceptors (Lipinski definition) is 7. The molecule has 0 spiro atoms. The molecular formula is C38H40Cl2N6O3. The molecule has 1 unspecified atom stereocenters. The van der Waals surface area contributed by atoms with Crippen LogP contribution in [0.15, 0.2) is 60.8 Å². The van der Waals surface area contributed by atoms with Crippen molar-refractivity contribution in [2.75, 3.05) is 20.2 Å². The summed E-state index contributed by atoms with van der Waals surface area (Å²) in [6.45, 7) is 2.02. The number of nitrogens with one attached hydrogen (secondary N) is 4. The molecular weight excluding hydrogens is 659 g/mol. The summed E-state index contributed by atoms with van der Waals surface area (Å²) in [5.74, 6) is 0.762. The number of benzene rings is 2. The van der Waals surface area contributed by atoms with Gasteiger partial charge >= 0.3 is 0 Å². The van der Waals surface area contributed by atoms with Crippen LogP contribution in [-0.4, -0.2) is 54.1 Å². The van der Waals surface area contributed by atoms with Crippen LogP contribution in [0.4, 0.5) is 0 Å². The lowest BCUT2D eigenvalue weighted by atomic mass is 9.86. The second-order valence-corrected chi connectivity index (χ2v) is 13.8. The molecule has 2 aromatic carbocycles. The fourth-order valence-electron chi connectivity index (χ4n) is 7.22. The normalized spacial score (nSPS) is 20.2. The minimum Gasteiger partial charge on any atom is -0.481 e. The molecule has 11 heteroatoms. The molecule has 1 aliphatic carbocycles. The number of amides is 2. The average molecular weight is 700 g/mol. The minimum atomic E-state index is 0.105. The highest BCUT2D eigenvalue weighted by Crippen LogP contribution is 2.42. The van der Waals surface area contributed by atoms with Crippen LogP contribution >= 0.6 is 23.2 Å². The van der Waals surface area contributed by atoms with Crippen LogP contribution in [0.1, 0.15) is 61.3 Å². The van der Waals surface area contributed by atoms with Gasteiger partial charge in [0.25, 0.3) is 0 Å². The molecule has 2 aliphatic heterocycles. The van der Waals surface area contributed by atoms with Crippen molar-refractivity contribution in [1.29, 1.82) is 0 Å². The van der Waals surface area contributed by atoms with E-state index in [4.69, 9.17) is 37.9 Å². The molecule has 4 aromatic rings.